The van der Waals surface area contributed by atoms with Crippen molar-refractivity contribution >= 4 is 29.7 Å². The van der Waals surface area contributed by atoms with Crippen molar-refractivity contribution in [2.75, 3.05) is 6.54 Å². The van der Waals surface area contributed by atoms with Gasteiger partial charge in [0, 0.05) is 17.0 Å². The van der Waals surface area contributed by atoms with E-state index < -0.39 is 0 Å². The van der Waals surface area contributed by atoms with E-state index in [9.17, 15) is 4.79 Å². The molecule has 3 nitrogen and oxygen atoms in total. The molecule has 1 aromatic heterocycles. The fourth-order valence-corrected chi connectivity index (χ4v) is 3.41. The molecule has 0 aliphatic heterocycles. The van der Waals surface area contributed by atoms with Gasteiger partial charge in [0.1, 0.15) is 0 Å². The van der Waals surface area contributed by atoms with Gasteiger partial charge in [0.2, 0.25) is 0 Å². The SMILES string of the molecule is Cc1cc(C(=O)NCC2(N)CCCCC2)sc1C.Cl. The summed E-state index contributed by atoms with van der Waals surface area (Å²) in [6.07, 6.45) is 5.69. The second-order valence-electron chi connectivity index (χ2n) is 5.46. The van der Waals surface area contributed by atoms with Gasteiger partial charge in [-0.1, -0.05) is 19.3 Å². The average Bonchev–Trinajstić information content (AvgIpc) is 2.68. The molecule has 1 aliphatic rings. The molecule has 1 amide bonds. The van der Waals surface area contributed by atoms with Crippen molar-refractivity contribution in [1.29, 1.82) is 0 Å². The smallest absolute Gasteiger partial charge is 0.261 e. The van der Waals surface area contributed by atoms with Gasteiger partial charge < -0.3 is 11.1 Å². The van der Waals surface area contributed by atoms with Crippen molar-refractivity contribution in [3.05, 3.63) is 21.4 Å². The summed E-state index contributed by atoms with van der Waals surface area (Å²) in [5.74, 6) is 0.0200. The first kappa shape index (κ1) is 16.5. The van der Waals surface area contributed by atoms with Gasteiger partial charge in [0.15, 0.2) is 0 Å². The van der Waals surface area contributed by atoms with Crippen molar-refractivity contribution < 1.29 is 4.79 Å². The van der Waals surface area contributed by atoms with Crippen LogP contribution in [0.5, 0.6) is 0 Å². The van der Waals surface area contributed by atoms with Crippen molar-refractivity contribution in [2.24, 2.45) is 5.73 Å². The Morgan fingerprint density at radius 2 is 2.00 bits per heavy atom. The summed E-state index contributed by atoms with van der Waals surface area (Å²) in [4.78, 5) is 14.0. The van der Waals surface area contributed by atoms with E-state index in [4.69, 9.17) is 5.73 Å². The van der Waals surface area contributed by atoms with Gasteiger partial charge in [-0.05, 0) is 38.3 Å². The van der Waals surface area contributed by atoms with E-state index in [1.54, 1.807) is 11.3 Å². The van der Waals surface area contributed by atoms with E-state index in [1.807, 2.05) is 19.9 Å². The molecule has 1 aliphatic carbocycles. The van der Waals surface area contributed by atoms with Gasteiger partial charge in [0.25, 0.3) is 5.91 Å². The summed E-state index contributed by atoms with van der Waals surface area (Å²) in [5.41, 5.74) is 7.31. The molecule has 0 spiro atoms. The lowest BCUT2D eigenvalue weighted by Crippen LogP contribution is -2.51. The highest BCUT2D eigenvalue weighted by Gasteiger charge is 2.28. The number of rotatable bonds is 3. The standard InChI is InChI=1S/C14H22N2OS.ClH/c1-10-8-12(18-11(10)2)13(17)16-9-14(15)6-4-3-5-7-14;/h8H,3-7,9,15H2,1-2H3,(H,16,17);1H. The molecule has 3 N–H and O–H groups in total. The lowest BCUT2D eigenvalue weighted by atomic mass is 9.82. The van der Waals surface area contributed by atoms with Crippen LogP contribution in [0.4, 0.5) is 0 Å². The monoisotopic (exact) mass is 302 g/mol. The minimum Gasteiger partial charge on any atom is -0.349 e. The summed E-state index contributed by atoms with van der Waals surface area (Å²) in [6, 6.07) is 1.96. The van der Waals surface area contributed by atoms with Gasteiger partial charge in [-0.25, -0.2) is 0 Å². The molecule has 0 saturated heterocycles. The number of nitrogens with one attached hydrogen (secondary N) is 1. The Labute approximate surface area is 125 Å². The first-order chi connectivity index (χ1) is 8.50. The van der Waals surface area contributed by atoms with Crippen LogP contribution in [0.15, 0.2) is 6.07 Å². The number of aryl methyl sites for hydroxylation is 2. The van der Waals surface area contributed by atoms with Crippen molar-refractivity contribution in [2.45, 2.75) is 51.5 Å². The van der Waals surface area contributed by atoms with E-state index in [2.05, 4.69) is 5.32 Å². The summed E-state index contributed by atoms with van der Waals surface area (Å²) >= 11 is 1.56. The zero-order chi connectivity index (χ0) is 13.2. The van der Waals surface area contributed by atoms with Crippen LogP contribution in [-0.2, 0) is 0 Å². The van der Waals surface area contributed by atoms with E-state index in [-0.39, 0.29) is 23.9 Å². The van der Waals surface area contributed by atoms with E-state index in [1.165, 1.54) is 29.7 Å². The van der Waals surface area contributed by atoms with Gasteiger partial charge in [-0.15, -0.1) is 23.7 Å². The van der Waals surface area contributed by atoms with Gasteiger partial charge in [-0.3, -0.25) is 4.79 Å². The predicted molar refractivity (Wildman–Crippen MR) is 83.4 cm³/mol. The van der Waals surface area contributed by atoms with Crippen LogP contribution < -0.4 is 11.1 Å². The van der Waals surface area contributed by atoms with Gasteiger partial charge >= 0.3 is 0 Å². The molecule has 1 saturated carbocycles. The maximum atomic E-state index is 12.0. The zero-order valence-electron chi connectivity index (χ0n) is 11.6. The maximum Gasteiger partial charge on any atom is 0.261 e. The third kappa shape index (κ3) is 4.20. The summed E-state index contributed by atoms with van der Waals surface area (Å²) in [5, 5.41) is 3.00. The fraction of sp³-hybridized carbons (Fsp3) is 0.643. The molecule has 0 radical (unpaired) electrons. The number of hydrogen-bond donors (Lipinski definition) is 2. The Balaban J connectivity index is 0.00000180. The van der Waals surface area contributed by atoms with Gasteiger partial charge in [-0.2, -0.15) is 0 Å². The Morgan fingerprint density at radius 1 is 1.37 bits per heavy atom. The van der Waals surface area contributed by atoms with Crippen LogP contribution in [0.25, 0.3) is 0 Å². The normalized spacial score (nSPS) is 17.6. The van der Waals surface area contributed by atoms with Crippen LogP contribution in [0.1, 0.15) is 52.2 Å². The minimum absolute atomic E-state index is 0. The van der Waals surface area contributed by atoms with Crippen LogP contribution in [0.2, 0.25) is 0 Å². The summed E-state index contributed by atoms with van der Waals surface area (Å²) in [7, 11) is 0. The molecular formula is C14H23ClN2OS. The van der Waals surface area contributed by atoms with Crippen LogP contribution >= 0.6 is 23.7 Å². The highest BCUT2D eigenvalue weighted by Crippen LogP contribution is 2.25. The van der Waals surface area contributed by atoms with E-state index in [0.29, 0.717) is 6.54 Å². The van der Waals surface area contributed by atoms with Gasteiger partial charge in [0.05, 0.1) is 4.88 Å². The third-order valence-electron chi connectivity index (χ3n) is 3.84. The second kappa shape index (κ2) is 6.73. The fourth-order valence-electron chi connectivity index (χ4n) is 2.46. The molecule has 0 bridgehead atoms. The van der Waals surface area contributed by atoms with E-state index in [0.717, 1.165) is 17.7 Å². The number of carbonyl (C=O) groups is 1. The predicted octanol–water partition coefficient (Wildman–Crippen LogP) is 3.18. The number of thiophene rings is 1. The molecule has 0 unspecified atom stereocenters. The van der Waals surface area contributed by atoms with Crippen molar-refractivity contribution in [3.8, 4) is 0 Å². The lowest BCUT2D eigenvalue weighted by Gasteiger charge is -2.33. The highest BCUT2D eigenvalue weighted by atomic mass is 35.5. The number of nitrogens with two attached hydrogens (primary N) is 1. The van der Waals surface area contributed by atoms with Crippen molar-refractivity contribution in [3.63, 3.8) is 0 Å². The largest absolute Gasteiger partial charge is 0.349 e. The lowest BCUT2D eigenvalue weighted by molar-refractivity contribution is 0.0941. The van der Waals surface area contributed by atoms with Crippen molar-refractivity contribution in [1.82, 2.24) is 5.32 Å². The van der Waals surface area contributed by atoms with Crippen LogP contribution in [0, 0.1) is 13.8 Å². The second-order valence-corrected chi connectivity index (χ2v) is 6.71. The Kier molecular flexibility index (Phi) is 5.83. The number of amides is 1. The maximum absolute atomic E-state index is 12.0. The van der Waals surface area contributed by atoms with E-state index >= 15 is 0 Å². The third-order valence-corrected chi connectivity index (χ3v) is 4.99. The Hall–Kier alpha value is -0.580. The topological polar surface area (TPSA) is 55.1 Å². The number of hydrogen-bond acceptors (Lipinski definition) is 3. The highest BCUT2D eigenvalue weighted by molar-refractivity contribution is 7.14. The molecule has 5 heteroatoms. The number of carbonyl (C=O) groups excluding carboxylic acids is 1. The Bertz CT molecular complexity index is 419. The molecule has 19 heavy (non-hydrogen) atoms. The molecule has 1 fully saturated rings. The molecule has 1 aromatic rings. The Morgan fingerprint density at radius 3 is 2.53 bits per heavy atom. The first-order valence-electron chi connectivity index (χ1n) is 6.64. The minimum atomic E-state index is -0.185. The molecule has 0 atom stereocenters. The molecule has 108 valence electrons. The molecule has 2 rings (SSSR count). The summed E-state index contributed by atoms with van der Waals surface area (Å²) in [6.45, 7) is 4.68. The summed E-state index contributed by atoms with van der Waals surface area (Å²) < 4.78 is 0. The average molecular weight is 303 g/mol. The zero-order valence-corrected chi connectivity index (χ0v) is 13.3. The number of halogens is 1. The molecular weight excluding hydrogens is 280 g/mol. The molecule has 1 heterocycles. The molecule has 0 aromatic carbocycles. The van der Waals surface area contributed by atoms with Crippen LogP contribution in [-0.4, -0.2) is 18.0 Å². The first-order valence-corrected chi connectivity index (χ1v) is 7.46. The quantitative estimate of drug-likeness (QED) is 0.901. The van der Waals surface area contributed by atoms with Crippen LogP contribution in [0.3, 0.4) is 0 Å².